The number of hydrogen-bond acceptors (Lipinski definition) is 1. The monoisotopic (exact) mass is 221 g/mol. The lowest BCUT2D eigenvalue weighted by molar-refractivity contribution is 0.0617. The van der Waals surface area contributed by atoms with E-state index in [9.17, 15) is 0 Å². The van der Waals surface area contributed by atoms with Gasteiger partial charge in [0.1, 0.15) is 0 Å². The van der Waals surface area contributed by atoms with Crippen LogP contribution in [0.1, 0.15) is 53.4 Å². The minimum atomic E-state index is 0.555. The molecule has 3 aliphatic rings. The average Bonchev–Trinajstić information content (AvgIpc) is 2.64. The van der Waals surface area contributed by atoms with Crippen LogP contribution in [0.15, 0.2) is 0 Å². The van der Waals surface area contributed by atoms with E-state index in [0.29, 0.717) is 10.8 Å². The van der Waals surface area contributed by atoms with Crippen LogP contribution in [0.25, 0.3) is 0 Å². The largest absolute Gasteiger partial charge is 0.300 e. The second-order valence-corrected chi connectivity index (χ2v) is 7.72. The van der Waals surface area contributed by atoms with Crippen LogP contribution in [0.4, 0.5) is 0 Å². The normalized spacial score (nSPS) is 45.4. The van der Waals surface area contributed by atoms with Gasteiger partial charge in [0.2, 0.25) is 0 Å². The number of rotatable bonds is 1. The predicted molar refractivity (Wildman–Crippen MR) is 68.4 cm³/mol. The maximum Gasteiger partial charge on any atom is 0.0149 e. The highest BCUT2D eigenvalue weighted by atomic mass is 15.2. The Labute approximate surface area is 101 Å². The molecule has 0 aromatic carbocycles. The fraction of sp³-hybridized carbons (Fsp3) is 1.00. The minimum Gasteiger partial charge on any atom is -0.300 e. The highest BCUT2D eigenvalue weighted by Gasteiger charge is 2.63. The summed E-state index contributed by atoms with van der Waals surface area (Å²) >= 11 is 0. The molecule has 0 N–H and O–H groups in total. The third-order valence-electron chi connectivity index (χ3n) is 5.99. The van der Waals surface area contributed by atoms with Gasteiger partial charge in [-0.15, -0.1) is 0 Å². The van der Waals surface area contributed by atoms with E-state index < -0.39 is 0 Å². The van der Waals surface area contributed by atoms with Crippen LogP contribution in [0.2, 0.25) is 0 Å². The van der Waals surface area contributed by atoms with Crippen molar-refractivity contribution in [3.63, 3.8) is 0 Å². The first-order chi connectivity index (χ1) is 7.43. The molecule has 0 spiro atoms. The van der Waals surface area contributed by atoms with Crippen molar-refractivity contribution in [3.05, 3.63) is 0 Å². The van der Waals surface area contributed by atoms with Gasteiger partial charge >= 0.3 is 0 Å². The van der Waals surface area contributed by atoms with Crippen molar-refractivity contribution >= 4 is 0 Å². The maximum atomic E-state index is 2.80. The molecule has 1 aliphatic heterocycles. The van der Waals surface area contributed by atoms with Crippen LogP contribution in [-0.2, 0) is 0 Å². The van der Waals surface area contributed by atoms with Gasteiger partial charge in [-0.2, -0.15) is 0 Å². The Morgan fingerprint density at radius 2 is 1.56 bits per heavy atom. The van der Waals surface area contributed by atoms with Gasteiger partial charge in [0, 0.05) is 6.04 Å². The molecule has 2 saturated carbocycles. The van der Waals surface area contributed by atoms with Gasteiger partial charge in [0.05, 0.1) is 0 Å². The summed E-state index contributed by atoms with van der Waals surface area (Å²) in [6.07, 6.45) is 5.81. The molecule has 2 aliphatic carbocycles. The van der Waals surface area contributed by atoms with E-state index >= 15 is 0 Å². The third-order valence-corrected chi connectivity index (χ3v) is 5.99. The fourth-order valence-electron chi connectivity index (χ4n) is 4.69. The molecule has 1 nitrogen and oxygen atoms in total. The molecule has 1 saturated heterocycles. The van der Waals surface area contributed by atoms with Crippen LogP contribution in [0.5, 0.6) is 0 Å². The molecule has 0 aromatic heterocycles. The molecule has 1 unspecified atom stereocenters. The molecule has 92 valence electrons. The van der Waals surface area contributed by atoms with E-state index in [4.69, 9.17) is 0 Å². The van der Waals surface area contributed by atoms with Crippen molar-refractivity contribution in [2.24, 2.45) is 22.7 Å². The third kappa shape index (κ3) is 1.47. The minimum absolute atomic E-state index is 0.555. The summed E-state index contributed by atoms with van der Waals surface area (Å²) in [7, 11) is 0. The molecule has 0 radical (unpaired) electrons. The Bertz CT molecular complexity index is 286. The first-order valence-electron chi connectivity index (χ1n) is 7.17. The summed E-state index contributed by atoms with van der Waals surface area (Å²) in [4.78, 5) is 2.80. The number of fused-ring (bicyclic) bond motifs is 1. The van der Waals surface area contributed by atoms with Gasteiger partial charge in [0.25, 0.3) is 0 Å². The van der Waals surface area contributed by atoms with Gasteiger partial charge in [0.15, 0.2) is 0 Å². The standard InChI is InChI=1S/C15H27N/c1-14(2)10-12-11(15(12,3)4)9-13(14)16-7-5-6-8-16/h11-13H,5-10H2,1-4H3/t11?,12-,13-/m0/s1. The molecule has 0 aromatic rings. The zero-order chi connectivity index (χ0) is 11.6. The van der Waals surface area contributed by atoms with Gasteiger partial charge in [-0.1, -0.05) is 27.7 Å². The topological polar surface area (TPSA) is 3.24 Å². The van der Waals surface area contributed by atoms with Gasteiger partial charge in [-0.3, -0.25) is 4.90 Å². The van der Waals surface area contributed by atoms with Crippen molar-refractivity contribution < 1.29 is 0 Å². The molecule has 1 heteroatoms. The van der Waals surface area contributed by atoms with E-state index in [-0.39, 0.29) is 0 Å². The quantitative estimate of drug-likeness (QED) is 0.654. The number of likely N-dealkylation sites (tertiary alicyclic amines) is 1. The Morgan fingerprint density at radius 3 is 2.19 bits per heavy atom. The van der Waals surface area contributed by atoms with Crippen LogP contribution in [0.3, 0.4) is 0 Å². The van der Waals surface area contributed by atoms with Crippen LogP contribution < -0.4 is 0 Å². The van der Waals surface area contributed by atoms with E-state index in [1.165, 1.54) is 38.8 Å². The Balaban J connectivity index is 1.78. The Kier molecular flexibility index (Phi) is 2.25. The van der Waals surface area contributed by atoms with Crippen molar-refractivity contribution in [1.29, 1.82) is 0 Å². The van der Waals surface area contributed by atoms with E-state index in [2.05, 4.69) is 32.6 Å². The van der Waals surface area contributed by atoms with Gasteiger partial charge in [-0.05, 0) is 61.4 Å². The Morgan fingerprint density at radius 1 is 0.938 bits per heavy atom. The molecule has 3 rings (SSSR count). The molecule has 1 heterocycles. The summed E-state index contributed by atoms with van der Waals surface area (Å²) in [5.74, 6) is 2.06. The predicted octanol–water partition coefficient (Wildman–Crippen LogP) is 3.54. The summed E-state index contributed by atoms with van der Waals surface area (Å²) < 4.78 is 0. The molecule has 3 fully saturated rings. The average molecular weight is 221 g/mol. The van der Waals surface area contributed by atoms with Crippen molar-refractivity contribution in [1.82, 2.24) is 4.90 Å². The summed E-state index contributed by atoms with van der Waals surface area (Å²) in [5.41, 5.74) is 1.21. The van der Waals surface area contributed by atoms with E-state index in [0.717, 1.165) is 17.9 Å². The zero-order valence-corrected chi connectivity index (χ0v) is 11.4. The lowest BCUT2D eigenvalue weighted by Gasteiger charge is -2.43. The molecular formula is C15H27N. The number of hydrogen-bond donors (Lipinski definition) is 0. The molecule has 3 atom stereocenters. The Hall–Kier alpha value is -0.0400. The molecule has 16 heavy (non-hydrogen) atoms. The van der Waals surface area contributed by atoms with E-state index in [1.807, 2.05) is 0 Å². The van der Waals surface area contributed by atoms with Crippen molar-refractivity contribution in [3.8, 4) is 0 Å². The second kappa shape index (κ2) is 3.25. The lowest BCUT2D eigenvalue weighted by atomic mass is 9.72. The highest BCUT2D eigenvalue weighted by Crippen LogP contribution is 2.68. The lowest BCUT2D eigenvalue weighted by Crippen LogP contribution is -2.46. The van der Waals surface area contributed by atoms with Crippen molar-refractivity contribution in [2.45, 2.75) is 59.4 Å². The van der Waals surface area contributed by atoms with Crippen LogP contribution in [0, 0.1) is 22.7 Å². The first-order valence-corrected chi connectivity index (χ1v) is 7.17. The zero-order valence-electron chi connectivity index (χ0n) is 11.4. The smallest absolute Gasteiger partial charge is 0.0149 e. The molecule has 0 bridgehead atoms. The maximum absolute atomic E-state index is 2.80. The summed E-state index contributed by atoms with van der Waals surface area (Å²) in [6, 6.07) is 0.873. The summed E-state index contributed by atoms with van der Waals surface area (Å²) in [6.45, 7) is 12.7. The second-order valence-electron chi connectivity index (χ2n) is 7.72. The fourth-order valence-corrected chi connectivity index (χ4v) is 4.69. The van der Waals surface area contributed by atoms with Crippen LogP contribution >= 0.6 is 0 Å². The SMILES string of the molecule is CC1(C)C[C@H]2C(C[C@@H]1N1CCCC1)C2(C)C. The van der Waals surface area contributed by atoms with E-state index in [1.54, 1.807) is 0 Å². The highest BCUT2D eigenvalue weighted by molar-refractivity contribution is 5.13. The summed E-state index contributed by atoms with van der Waals surface area (Å²) in [5, 5.41) is 0. The van der Waals surface area contributed by atoms with Crippen LogP contribution in [-0.4, -0.2) is 24.0 Å². The van der Waals surface area contributed by atoms with Gasteiger partial charge in [-0.25, -0.2) is 0 Å². The first kappa shape index (κ1) is 11.1. The molecular weight excluding hydrogens is 194 g/mol. The molecule has 0 amide bonds. The van der Waals surface area contributed by atoms with Gasteiger partial charge < -0.3 is 0 Å². The van der Waals surface area contributed by atoms with Crippen molar-refractivity contribution in [2.75, 3.05) is 13.1 Å². The number of nitrogens with zero attached hydrogens (tertiary/aromatic N) is 1.